The lowest BCUT2D eigenvalue weighted by Gasteiger charge is -2.45. The largest absolute Gasteiger partial charge is 0.433 e. The molecular weight excluding hydrogens is 505 g/mol. The molecule has 3 aliphatic heterocycles. The number of hydrogen-bond donors (Lipinski definition) is 3. The van der Waals surface area contributed by atoms with Crippen LogP contribution in [-0.4, -0.2) is 82.8 Å². The summed E-state index contributed by atoms with van der Waals surface area (Å²) in [5.74, 6) is 1.43. The standard InChI is InChI=1S/C28H36F3N8/c1-3-32-14-18-10-24(28(29,30)31)36-25(11-18)37(2)20-5-8-38(9-6-20)21-12-22(13-21)39-15-19(16-39)26-23-4-7-33-27(23)35-17-34-26/h4,7,10-11,15-16,20-22,32-33,35H,3,5-6,8-9,12-14,17H2,1-2H3/q+1. The molecule has 0 aromatic carbocycles. The fourth-order valence-corrected chi connectivity index (χ4v) is 6.08. The normalized spacial score (nSPS) is 23.6. The second-order valence-corrected chi connectivity index (χ2v) is 10.9. The van der Waals surface area contributed by atoms with Crippen molar-refractivity contribution in [3.63, 3.8) is 0 Å². The molecule has 0 amide bonds. The second-order valence-electron chi connectivity index (χ2n) is 10.9. The van der Waals surface area contributed by atoms with Crippen molar-refractivity contribution < 1.29 is 17.7 Å². The van der Waals surface area contributed by atoms with E-state index < -0.39 is 11.9 Å². The zero-order chi connectivity index (χ0) is 27.1. The van der Waals surface area contributed by atoms with Gasteiger partial charge in [0.05, 0.1) is 5.71 Å². The molecule has 4 aliphatic rings. The Hall–Kier alpha value is -3.18. The van der Waals surface area contributed by atoms with Gasteiger partial charge in [-0.15, -0.1) is 0 Å². The molecule has 208 valence electrons. The van der Waals surface area contributed by atoms with Crippen LogP contribution in [0.4, 0.5) is 24.8 Å². The van der Waals surface area contributed by atoms with Crippen molar-refractivity contribution in [2.75, 3.05) is 43.6 Å². The number of nitrogens with one attached hydrogen (secondary N) is 3. The molecule has 1 aliphatic carbocycles. The van der Waals surface area contributed by atoms with Gasteiger partial charge in [-0.05, 0) is 43.1 Å². The third-order valence-electron chi connectivity index (χ3n) is 8.52. The summed E-state index contributed by atoms with van der Waals surface area (Å²) in [5.41, 5.74) is 3.14. The Morgan fingerprint density at radius 2 is 1.97 bits per heavy atom. The molecule has 2 aromatic rings. The number of nitrogens with zero attached hydrogens (tertiary/aromatic N) is 5. The van der Waals surface area contributed by atoms with E-state index in [1.54, 1.807) is 6.07 Å². The first-order valence-electron chi connectivity index (χ1n) is 13.9. The van der Waals surface area contributed by atoms with Crippen molar-refractivity contribution in [2.24, 2.45) is 4.99 Å². The van der Waals surface area contributed by atoms with E-state index in [1.165, 1.54) is 5.57 Å². The first-order valence-corrected chi connectivity index (χ1v) is 13.9. The summed E-state index contributed by atoms with van der Waals surface area (Å²) in [7, 11) is 1.88. The Morgan fingerprint density at radius 1 is 1.21 bits per heavy atom. The molecule has 0 radical (unpaired) electrons. The van der Waals surface area contributed by atoms with Gasteiger partial charge in [0, 0.05) is 63.4 Å². The van der Waals surface area contributed by atoms with E-state index in [-0.39, 0.29) is 6.04 Å². The summed E-state index contributed by atoms with van der Waals surface area (Å²) < 4.78 is 42.9. The monoisotopic (exact) mass is 541 g/mol. The van der Waals surface area contributed by atoms with Gasteiger partial charge < -0.3 is 20.5 Å². The molecule has 0 atom stereocenters. The first kappa shape index (κ1) is 26.1. The number of fused-ring (bicyclic) bond motifs is 1. The highest BCUT2D eigenvalue weighted by atomic mass is 19.4. The van der Waals surface area contributed by atoms with Gasteiger partial charge >= 0.3 is 6.18 Å². The lowest BCUT2D eigenvalue weighted by Crippen LogP contribution is -2.55. The molecule has 3 N–H and O–H groups in total. The number of aliphatic imine (C=N–C) groups is 1. The molecule has 5 heterocycles. The van der Waals surface area contributed by atoms with Crippen LogP contribution >= 0.6 is 0 Å². The summed E-state index contributed by atoms with van der Waals surface area (Å²) in [6.45, 7) is 5.54. The summed E-state index contributed by atoms with van der Waals surface area (Å²) in [6.07, 6.45) is 6.02. The number of allylic oxidation sites excluding steroid dienone is 1. The van der Waals surface area contributed by atoms with Crippen molar-refractivity contribution in [3.05, 3.63) is 53.0 Å². The van der Waals surface area contributed by atoms with Gasteiger partial charge in [-0.2, -0.15) is 13.2 Å². The van der Waals surface area contributed by atoms with Crippen molar-refractivity contribution in [1.29, 1.82) is 0 Å². The van der Waals surface area contributed by atoms with E-state index in [2.05, 4.69) is 53.6 Å². The average Bonchev–Trinajstić information content (AvgIpc) is 3.36. The molecule has 0 spiro atoms. The van der Waals surface area contributed by atoms with E-state index >= 15 is 0 Å². The van der Waals surface area contributed by atoms with Crippen LogP contribution in [0.1, 0.15) is 49.4 Å². The molecule has 1 saturated carbocycles. The van der Waals surface area contributed by atoms with Crippen LogP contribution in [0.2, 0.25) is 0 Å². The molecular formula is C28H36F3N8+. The second kappa shape index (κ2) is 10.4. The van der Waals surface area contributed by atoms with Crippen LogP contribution in [0.15, 0.2) is 41.2 Å². The van der Waals surface area contributed by atoms with Gasteiger partial charge in [-0.3, -0.25) is 9.89 Å². The highest BCUT2D eigenvalue weighted by Crippen LogP contribution is 2.35. The number of hydrogen-bond acceptors (Lipinski definition) is 6. The SMILES string of the molecule is CCNCc1cc(N(C)C2CCN(C3CC([N+]4=CC(C5=NCNc6[nH]ccc65)=C4)C3)CC2)nc(C(F)(F)F)c1. The van der Waals surface area contributed by atoms with Crippen LogP contribution in [0.5, 0.6) is 0 Å². The number of aromatic nitrogens is 2. The van der Waals surface area contributed by atoms with Crippen molar-refractivity contribution in [2.45, 2.75) is 63.5 Å². The Kier molecular flexibility index (Phi) is 6.96. The summed E-state index contributed by atoms with van der Waals surface area (Å²) in [5, 5.41) is 6.38. The van der Waals surface area contributed by atoms with E-state index in [9.17, 15) is 13.2 Å². The van der Waals surface area contributed by atoms with Crippen LogP contribution in [0.3, 0.4) is 0 Å². The predicted molar refractivity (Wildman–Crippen MR) is 147 cm³/mol. The Bertz CT molecular complexity index is 1300. The molecule has 2 aromatic heterocycles. The maximum absolute atomic E-state index is 13.5. The zero-order valence-electron chi connectivity index (χ0n) is 22.4. The molecule has 0 unspecified atom stereocenters. The maximum atomic E-state index is 13.5. The van der Waals surface area contributed by atoms with Crippen LogP contribution in [0.25, 0.3) is 0 Å². The highest BCUT2D eigenvalue weighted by molar-refractivity contribution is 6.26. The molecule has 2 fully saturated rings. The van der Waals surface area contributed by atoms with Gasteiger partial charge in [0.25, 0.3) is 0 Å². The van der Waals surface area contributed by atoms with Gasteiger partial charge in [0.2, 0.25) is 0 Å². The maximum Gasteiger partial charge on any atom is 0.433 e. The topological polar surface area (TPSA) is 74.6 Å². The summed E-state index contributed by atoms with van der Waals surface area (Å²) >= 11 is 0. The van der Waals surface area contributed by atoms with Crippen molar-refractivity contribution in [3.8, 4) is 0 Å². The number of pyridine rings is 1. The molecule has 11 heteroatoms. The fourth-order valence-electron chi connectivity index (χ4n) is 6.08. The number of halogens is 3. The molecule has 1 saturated heterocycles. The Labute approximate surface area is 226 Å². The average molecular weight is 542 g/mol. The number of alkyl halides is 3. The minimum absolute atomic E-state index is 0.179. The smallest absolute Gasteiger partial charge is 0.357 e. The van der Waals surface area contributed by atoms with E-state index in [0.29, 0.717) is 43.2 Å². The molecule has 39 heavy (non-hydrogen) atoms. The van der Waals surface area contributed by atoms with Crippen LogP contribution < -0.4 is 15.5 Å². The van der Waals surface area contributed by atoms with Crippen LogP contribution in [-0.2, 0) is 12.7 Å². The predicted octanol–water partition coefficient (Wildman–Crippen LogP) is 3.82. The third kappa shape index (κ3) is 5.21. The van der Waals surface area contributed by atoms with E-state index in [4.69, 9.17) is 0 Å². The minimum Gasteiger partial charge on any atom is -0.357 e. The summed E-state index contributed by atoms with van der Waals surface area (Å²) in [4.78, 5) is 16.4. The number of piperidine rings is 1. The van der Waals surface area contributed by atoms with Gasteiger partial charge in [0.15, 0.2) is 18.5 Å². The molecule has 0 bridgehead atoms. The minimum atomic E-state index is -4.46. The quantitative estimate of drug-likeness (QED) is 0.443. The molecule has 8 nitrogen and oxygen atoms in total. The zero-order valence-corrected chi connectivity index (χ0v) is 22.4. The number of likely N-dealkylation sites (tertiary alicyclic amines) is 1. The Balaban J connectivity index is 1.01. The first-order chi connectivity index (χ1) is 18.8. The number of H-pyrrole nitrogens is 1. The Morgan fingerprint density at radius 3 is 2.69 bits per heavy atom. The lowest BCUT2D eigenvalue weighted by molar-refractivity contribution is -0.524. The van der Waals surface area contributed by atoms with E-state index in [0.717, 1.165) is 61.9 Å². The van der Waals surface area contributed by atoms with Crippen molar-refractivity contribution >= 4 is 23.6 Å². The third-order valence-corrected chi connectivity index (χ3v) is 8.52. The van der Waals surface area contributed by atoms with Gasteiger partial charge in [-0.1, -0.05) is 6.92 Å². The van der Waals surface area contributed by atoms with Gasteiger partial charge in [0.1, 0.15) is 29.6 Å². The highest BCUT2D eigenvalue weighted by Gasteiger charge is 2.44. The number of anilines is 2. The van der Waals surface area contributed by atoms with Crippen molar-refractivity contribution in [1.82, 2.24) is 20.2 Å². The lowest BCUT2D eigenvalue weighted by atomic mass is 9.82. The van der Waals surface area contributed by atoms with E-state index in [1.807, 2.05) is 25.1 Å². The fraction of sp³-hybridized carbons (Fsp3) is 0.536. The van der Waals surface area contributed by atoms with Gasteiger partial charge in [-0.25, -0.2) is 9.56 Å². The number of rotatable bonds is 8. The molecule has 6 rings (SSSR count). The summed E-state index contributed by atoms with van der Waals surface area (Å²) in [6, 6.07) is 6.27. The number of aromatic amines is 1. The van der Waals surface area contributed by atoms with Crippen LogP contribution in [0, 0.1) is 0 Å².